The largest absolute Gasteiger partial charge is 0.466 e. The van der Waals surface area contributed by atoms with Gasteiger partial charge in [-0.3, -0.25) is 4.79 Å². The fourth-order valence-corrected chi connectivity index (χ4v) is 0.772. The monoisotopic (exact) mass is 200 g/mol. The summed E-state index contributed by atoms with van der Waals surface area (Å²) in [6.45, 7) is 5.81. The fourth-order valence-electron chi connectivity index (χ4n) is 0.772. The molecule has 0 amide bonds. The van der Waals surface area contributed by atoms with Crippen molar-refractivity contribution < 1.29 is 19.1 Å². The third-order valence-corrected chi connectivity index (χ3v) is 1.59. The predicted octanol–water partition coefficient (Wildman–Crippen LogP) is 1.45. The number of carbonyl (C=O) groups is 2. The van der Waals surface area contributed by atoms with Crippen molar-refractivity contribution in [3.05, 3.63) is 12.2 Å². The third kappa shape index (κ3) is 5.35. The molecule has 0 aromatic rings. The van der Waals surface area contributed by atoms with Gasteiger partial charge in [-0.05, 0) is 6.42 Å². The van der Waals surface area contributed by atoms with Gasteiger partial charge in [-0.25, -0.2) is 4.79 Å². The van der Waals surface area contributed by atoms with E-state index in [2.05, 4.69) is 11.3 Å². The van der Waals surface area contributed by atoms with Crippen molar-refractivity contribution in [2.75, 3.05) is 13.7 Å². The molecule has 0 aliphatic carbocycles. The van der Waals surface area contributed by atoms with Crippen molar-refractivity contribution in [2.45, 2.75) is 26.2 Å². The van der Waals surface area contributed by atoms with Crippen molar-refractivity contribution >= 4 is 11.9 Å². The molecule has 0 spiro atoms. The first-order chi connectivity index (χ1) is 6.61. The van der Waals surface area contributed by atoms with E-state index in [-0.39, 0.29) is 12.0 Å². The highest BCUT2D eigenvalue weighted by Crippen LogP contribution is 2.02. The van der Waals surface area contributed by atoms with Gasteiger partial charge in [-0.1, -0.05) is 19.9 Å². The van der Waals surface area contributed by atoms with Crippen LogP contribution in [0.15, 0.2) is 12.2 Å². The van der Waals surface area contributed by atoms with Crippen LogP contribution in [0.5, 0.6) is 0 Å². The highest BCUT2D eigenvalue weighted by Gasteiger charge is 2.12. The second-order valence-electron chi connectivity index (χ2n) is 2.85. The van der Waals surface area contributed by atoms with E-state index >= 15 is 0 Å². The van der Waals surface area contributed by atoms with Gasteiger partial charge in [0.1, 0.15) is 0 Å². The minimum atomic E-state index is -0.572. The summed E-state index contributed by atoms with van der Waals surface area (Å²) in [7, 11) is 1.25. The van der Waals surface area contributed by atoms with Crippen LogP contribution in [0, 0.1) is 0 Å². The molecule has 0 radical (unpaired) electrons. The van der Waals surface area contributed by atoms with E-state index in [1.165, 1.54) is 7.11 Å². The van der Waals surface area contributed by atoms with E-state index in [0.717, 1.165) is 12.8 Å². The van der Waals surface area contributed by atoms with Crippen LogP contribution in [0.25, 0.3) is 0 Å². The summed E-state index contributed by atoms with van der Waals surface area (Å²) in [6.07, 6.45) is 1.69. The Morgan fingerprint density at radius 2 is 2.00 bits per heavy atom. The Morgan fingerprint density at radius 1 is 1.36 bits per heavy atom. The molecule has 0 aliphatic heterocycles. The first kappa shape index (κ1) is 12.7. The van der Waals surface area contributed by atoms with E-state index in [1.54, 1.807) is 0 Å². The van der Waals surface area contributed by atoms with Crippen molar-refractivity contribution in [1.29, 1.82) is 0 Å². The number of unbranched alkanes of at least 4 members (excludes halogenated alkanes) is 1. The lowest BCUT2D eigenvalue weighted by atomic mass is 10.2. The first-order valence-corrected chi connectivity index (χ1v) is 4.53. The van der Waals surface area contributed by atoms with Gasteiger partial charge < -0.3 is 9.47 Å². The average molecular weight is 200 g/mol. The molecular weight excluding hydrogens is 184 g/mol. The molecule has 0 bridgehead atoms. The third-order valence-electron chi connectivity index (χ3n) is 1.59. The van der Waals surface area contributed by atoms with E-state index in [4.69, 9.17) is 4.74 Å². The van der Waals surface area contributed by atoms with Crippen molar-refractivity contribution in [1.82, 2.24) is 0 Å². The maximum atomic E-state index is 11.1. The summed E-state index contributed by atoms with van der Waals surface area (Å²) in [6, 6.07) is 0. The molecule has 0 aromatic carbocycles. The topological polar surface area (TPSA) is 52.6 Å². The van der Waals surface area contributed by atoms with Gasteiger partial charge >= 0.3 is 11.9 Å². The zero-order chi connectivity index (χ0) is 11.0. The Kier molecular flexibility index (Phi) is 6.45. The number of rotatable bonds is 6. The molecule has 14 heavy (non-hydrogen) atoms. The molecule has 0 aliphatic rings. The molecule has 80 valence electrons. The average Bonchev–Trinajstić information content (AvgIpc) is 2.16. The number of ether oxygens (including phenoxy) is 2. The summed E-state index contributed by atoms with van der Waals surface area (Å²) in [5.41, 5.74) is 0.119. The molecule has 0 fully saturated rings. The molecule has 0 saturated carbocycles. The van der Waals surface area contributed by atoms with Gasteiger partial charge in [0.2, 0.25) is 0 Å². The molecule has 0 atom stereocenters. The Hall–Kier alpha value is -1.32. The van der Waals surface area contributed by atoms with Crippen molar-refractivity contribution in [3.8, 4) is 0 Å². The summed E-state index contributed by atoms with van der Waals surface area (Å²) < 4.78 is 9.23. The normalized spacial score (nSPS) is 9.29. The fraction of sp³-hybridized carbons (Fsp3) is 0.600. The SMILES string of the molecule is C=C(CC(=O)OCCCC)C(=O)OC. The van der Waals surface area contributed by atoms with E-state index in [1.807, 2.05) is 6.92 Å². The van der Waals surface area contributed by atoms with Crippen molar-refractivity contribution in [3.63, 3.8) is 0 Å². The number of hydrogen-bond acceptors (Lipinski definition) is 4. The molecule has 0 saturated heterocycles. The van der Waals surface area contributed by atoms with Crippen LogP contribution in [0.2, 0.25) is 0 Å². The van der Waals surface area contributed by atoms with Crippen LogP contribution >= 0.6 is 0 Å². The molecule has 4 nitrogen and oxygen atoms in total. The quantitative estimate of drug-likeness (QED) is 0.370. The minimum Gasteiger partial charge on any atom is -0.466 e. The van der Waals surface area contributed by atoms with Gasteiger partial charge in [0.15, 0.2) is 0 Å². The van der Waals surface area contributed by atoms with Gasteiger partial charge in [0.25, 0.3) is 0 Å². The second-order valence-corrected chi connectivity index (χ2v) is 2.85. The first-order valence-electron chi connectivity index (χ1n) is 4.53. The lowest BCUT2D eigenvalue weighted by Gasteiger charge is -2.04. The van der Waals surface area contributed by atoms with E-state index in [0.29, 0.717) is 6.61 Å². The smallest absolute Gasteiger partial charge is 0.333 e. The molecule has 4 heteroatoms. The molecule has 0 heterocycles. The van der Waals surface area contributed by atoms with E-state index in [9.17, 15) is 9.59 Å². The van der Waals surface area contributed by atoms with E-state index < -0.39 is 11.9 Å². The standard InChI is InChI=1S/C10H16O4/c1-4-5-6-14-9(11)7-8(2)10(12)13-3/h2,4-7H2,1,3H3. The highest BCUT2D eigenvalue weighted by atomic mass is 16.5. The van der Waals surface area contributed by atoms with Crippen LogP contribution in [0.1, 0.15) is 26.2 Å². The van der Waals surface area contributed by atoms with Crippen LogP contribution in [-0.2, 0) is 19.1 Å². The predicted molar refractivity (Wildman–Crippen MR) is 51.6 cm³/mol. The Bertz CT molecular complexity index is 220. The van der Waals surface area contributed by atoms with Gasteiger partial charge in [0.05, 0.1) is 20.1 Å². The highest BCUT2D eigenvalue weighted by molar-refractivity contribution is 5.93. The zero-order valence-electron chi connectivity index (χ0n) is 8.67. The summed E-state index contributed by atoms with van der Waals surface area (Å²) in [5, 5.41) is 0. The summed E-state index contributed by atoms with van der Waals surface area (Å²) >= 11 is 0. The van der Waals surface area contributed by atoms with Gasteiger partial charge in [0, 0.05) is 5.57 Å². The van der Waals surface area contributed by atoms with Gasteiger partial charge in [-0.15, -0.1) is 0 Å². The Labute approximate surface area is 83.9 Å². The minimum absolute atomic E-state index is 0.101. The van der Waals surface area contributed by atoms with Crippen LogP contribution in [0.4, 0.5) is 0 Å². The number of methoxy groups -OCH3 is 1. The maximum absolute atomic E-state index is 11.1. The molecule has 0 N–H and O–H groups in total. The second kappa shape index (κ2) is 7.12. The number of hydrogen-bond donors (Lipinski definition) is 0. The maximum Gasteiger partial charge on any atom is 0.333 e. The molecular formula is C10H16O4. The Morgan fingerprint density at radius 3 is 2.50 bits per heavy atom. The van der Waals surface area contributed by atoms with Crippen molar-refractivity contribution in [2.24, 2.45) is 0 Å². The van der Waals surface area contributed by atoms with Crippen LogP contribution in [-0.4, -0.2) is 25.7 Å². The summed E-state index contributed by atoms with van der Waals surface area (Å²) in [4.78, 5) is 21.9. The molecule has 0 unspecified atom stereocenters. The van der Waals surface area contributed by atoms with Crippen LogP contribution < -0.4 is 0 Å². The number of esters is 2. The van der Waals surface area contributed by atoms with Gasteiger partial charge in [-0.2, -0.15) is 0 Å². The summed E-state index contributed by atoms with van der Waals surface area (Å²) in [5.74, 6) is -1.01. The molecule has 0 aromatic heterocycles. The van der Waals surface area contributed by atoms with Crippen LogP contribution in [0.3, 0.4) is 0 Å². The Balaban J connectivity index is 3.72. The lowest BCUT2D eigenvalue weighted by molar-refractivity contribution is -0.145. The zero-order valence-corrected chi connectivity index (χ0v) is 8.67. The molecule has 0 rings (SSSR count). The lowest BCUT2D eigenvalue weighted by Crippen LogP contribution is -2.12. The number of carbonyl (C=O) groups excluding carboxylic acids is 2.